The highest BCUT2D eigenvalue weighted by Gasteiger charge is 2.05. The molecule has 0 radical (unpaired) electrons. The molecule has 0 unspecified atom stereocenters. The van der Waals surface area contributed by atoms with Crippen molar-refractivity contribution in [3.63, 3.8) is 0 Å². The summed E-state index contributed by atoms with van der Waals surface area (Å²) in [4.78, 5) is 11.9. The van der Waals surface area contributed by atoms with Gasteiger partial charge in [0.05, 0.1) is 0 Å². The zero-order chi connectivity index (χ0) is 14.5. The molecule has 0 saturated carbocycles. The highest BCUT2D eigenvalue weighted by Crippen LogP contribution is 2.21. The number of benzene rings is 2. The van der Waals surface area contributed by atoms with Crippen molar-refractivity contribution >= 4 is 29.1 Å². The fraction of sp³-hybridized carbons (Fsp3) is 0.188. The van der Waals surface area contributed by atoms with Crippen molar-refractivity contribution in [1.29, 1.82) is 0 Å². The first-order valence-corrected chi connectivity index (χ1v) is 7.10. The lowest BCUT2D eigenvalue weighted by molar-refractivity contribution is 0.0954. The molecule has 1 amide bonds. The molecular formula is C16H15Cl2NO. The second-order valence-electron chi connectivity index (χ2n) is 4.61. The molecular weight excluding hydrogens is 293 g/mol. The van der Waals surface area contributed by atoms with Crippen molar-refractivity contribution in [2.45, 2.75) is 13.3 Å². The van der Waals surface area contributed by atoms with Gasteiger partial charge in [0.1, 0.15) is 0 Å². The van der Waals surface area contributed by atoms with E-state index in [-0.39, 0.29) is 5.91 Å². The predicted octanol–water partition coefficient (Wildman–Crippen LogP) is 4.27. The molecule has 0 aliphatic carbocycles. The third-order valence-corrected chi connectivity index (χ3v) is 3.60. The number of nitrogens with one attached hydrogen (secondary N) is 1. The van der Waals surface area contributed by atoms with Crippen LogP contribution in [0.4, 0.5) is 0 Å². The van der Waals surface area contributed by atoms with E-state index in [1.165, 1.54) is 0 Å². The van der Waals surface area contributed by atoms with Gasteiger partial charge in [0.25, 0.3) is 5.91 Å². The zero-order valence-corrected chi connectivity index (χ0v) is 12.6. The van der Waals surface area contributed by atoms with Crippen LogP contribution < -0.4 is 5.32 Å². The Kier molecular flexibility index (Phi) is 5.05. The Morgan fingerprint density at radius 2 is 1.80 bits per heavy atom. The van der Waals surface area contributed by atoms with Crippen LogP contribution >= 0.6 is 23.2 Å². The summed E-state index contributed by atoms with van der Waals surface area (Å²) in [6, 6.07) is 12.9. The molecule has 2 rings (SSSR count). The lowest BCUT2D eigenvalue weighted by atomic mass is 10.1. The number of amides is 1. The molecule has 0 heterocycles. The Morgan fingerprint density at radius 1 is 1.10 bits per heavy atom. The summed E-state index contributed by atoms with van der Waals surface area (Å²) in [5.41, 5.74) is 2.77. The van der Waals surface area contributed by atoms with Crippen LogP contribution in [0.2, 0.25) is 10.0 Å². The number of hydrogen-bond donors (Lipinski definition) is 1. The maximum absolute atomic E-state index is 11.9. The van der Waals surface area contributed by atoms with Crippen LogP contribution in [0, 0.1) is 6.92 Å². The first-order valence-electron chi connectivity index (χ1n) is 6.35. The summed E-state index contributed by atoms with van der Waals surface area (Å²) in [7, 11) is 0. The average molecular weight is 308 g/mol. The smallest absolute Gasteiger partial charge is 0.251 e. The first-order chi connectivity index (χ1) is 9.56. The van der Waals surface area contributed by atoms with E-state index in [2.05, 4.69) is 5.32 Å². The highest BCUT2D eigenvalue weighted by atomic mass is 35.5. The molecule has 20 heavy (non-hydrogen) atoms. The van der Waals surface area contributed by atoms with Crippen LogP contribution in [-0.4, -0.2) is 12.5 Å². The van der Waals surface area contributed by atoms with E-state index in [1.54, 1.807) is 12.1 Å². The van der Waals surface area contributed by atoms with Gasteiger partial charge in [0.15, 0.2) is 0 Å². The summed E-state index contributed by atoms with van der Waals surface area (Å²) in [5.74, 6) is -0.0740. The van der Waals surface area contributed by atoms with Gasteiger partial charge in [-0.25, -0.2) is 0 Å². The topological polar surface area (TPSA) is 29.1 Å². The Bertz CT molecular complexity index is 608. The molecule has 0 aliphatic rings. The fourth-order valence-electron chi connectivity index (χ4n) is 1.84. The summed E-state index contributed by atoms with van der Waals surface area (Å²) in [6.45, 7) is 2.53. The Morgan fingerprint density at radius 3 is 2.45 bits per heavy atom. The second kappa shape index (κ2) is 6.78. The van der Waals surface area contributed by atoms with E-state index in [4.69, 9.17) is 23.2 Å². The number of aryl methyl sites for hydroxylation is 1. The van der Waals surface area contributed by atoms with Gasteiger partial charge in [0, 0.05) is 22.2 Å². The molecule has 4 heteroatoms. The second-order valence-corrected chi connectivity index (χ2v) is 5.45. The first kappa shape index (κ1) is 14.9. The van der Waals surface area contributed by atoms with E-state index in [0.29, 0.717) is 28.6 Å². The van der Waals surface area contributed by atoms with Gasteiger partial charge in [-0.1, -0.05) is 47.0 Å². The molecule has 0 aliphatic heterocycles. The molecule has 0 atom stereocenters. The van der Waals surface area contributed by atoms with Gasteiger partial charge >= 0.3 is 0 Å². The molecule has 1 N–H and O–H groups in total. The van der Waals surface area contributed by atoms with Gasteiger partial charge in [-0.15, -0.1) is 0 Å². The van der Waals surface area contributed by atoms with Crippen molar-refractivity contribution in [3.8, 4) is 0 Å². The monoisotopic (exact) mass is 307 g/mol. The Labute approximate surface area is 128 Å². The maximum atomic E-state index is 11.9. The van der Waals surface area contributed by atoms with Crippen LogP contribution in [0.5, 0.6) is 0 Å². The number of hydrogen-bond acceptors (Lipinski definition) is 1. The largest absolute Gasteiger partial charge is 0.352 e. The summed E-state index contributed by atoms with van der Waals surface area (Å²) in [5, 5.41) is 4.12. The third kappa shape index (κ3) is 3.99. The highest BCUT2D eigenvalue weighted by molar-refractivity contribution is 6.35. The minimum Gasteiger partial charge on any atom is -0.352 e. The molecule has 2 aromatic carbocycles. The Balaban J connectivity index is 1.89. The summed E-state index contributed by atoms with van der Waals surface area (Å²) < 4.78 is 0. The van der Waals surface area contributed by atoms with Crippen LogP contribution in [0.15, 0.2) is 42.5 Å². The van der Waals surface area contributed by atoms with Crippen molar-refractivity contribution in [2.24, 2.45) is 0 Å². The molecule has 2 aromatic rings. The molecule has 0 aromatic heterocycles. The Hall–Kier alpha value is -1.51. The SMILES string of the molecule is Cc1ccc(C(=O)NCCc2ccc(Cl)cc2Cl)cc1. The number of rotatable bonds is 4. The molecule has 0 spiro atoms. The standard InChI is InChI=1S/C16H15Cl2NO/c1-11-2-4-13(5-3-11)16(20)19-9-8-12-6-7-14(17)10-15(12)18/h2-7,10H,8-9H2,1H3,(H,19,20). The minimum absolute atomic E-state index is 0.0740. The van der Waals surface area contributed by atoms with E-state index < -0.39 is 0 Å². The fourth-order valence-corrected chi connectivity index (χ4v) is 2.35. The van der Waals surface area contributed by atoms with Gasteiger partial charge in [-0.05, 0) is 43.2 Å². The maximum Gasteiger partial charge on any atom is 0.251 e. The number of halogens is 2. The average Bonchev–Trinajstić information content (AvgIpc) is 2.42. The molecule has 0 fully saturated rings. The van der Waals surface area contributed by atoms with Crippen molar-refractivity contribution < 1.29 is 4.79 Å². The lowest BCUT2D eigenvalue weighted by Gasteiger charge is -2.07. The van der Waals surface area contributed by atoms with Gasteiger partial charge < -0.3 is 5.32 Å². The van der Waals surface area contributed by atoms with Gasteiger partial charge in [-0.2, -0.15) is 0 Å². The minimum atomic E-state index is -0.0740. The van der Waals surface area contributed by atoms with Crippen LogP contribution in [0.25, 0.3) is 0 Å². The molecule has 0 saturated heterocycles. The van der Waals surface area contributed by atoms with Gasteiger partial charge in [-0.3, -0.25) is 4.79 Å². The van der Waals surface area contributed by atoms with Crippen LogP contribution in [0.1, 0.15) is 21.5 Å². The van der Waals surface area contributed by atoms with Crippen molar-refractivity contribution in [1.82, 2.24) is 5.32 Å². The summed E-state index contributed by atoms with van der Waals surface area (Å²) in [6.07, 6.45) is 0.674. The van der Waals surface area contributed by atoms with Crippen molar-refractivity contribution in [3.05, 3.63) is 69.2 Å². The van der Waals surface area contributed by atoms with E-state index in [1.807, 2.05) is 37.3 Å². The quantitative estimate of drug-likeness (QED) is 0.897. The number of carbonyl (C=O) groups is 1. The summed E-state index contributed by atoms with van der Waals surface area (Å²) >= 11 is 11.9. The van der Waals surface area contributed by atoms with Crippen LogP contribution in [0.3, 0.4) is 0 Å². The number of carbonyl (C=O) groups excluding carboxylic acids is 1. The van der Waals surface area contributed by atoms with Gasteiger partial charge in [0.2, 0.25) is 0 Å². The van der Waals surface area contributed by atoms with Crippen molar-refractivity contribution in [2.75, 3.05) is 6.54 Å². The van der Waals surface area contributed by atoms with E-state index in [9.17, 15) is 4.79 Å². The molecule has 0 bridgehead atoms. The van der Waals surface area contributed by atoms with E-state index in [0.717, 1.165) is 11.1 Å². The molecule has 2 nitrogen and oxygen atoms in total. The van der Waals surface area contributed by atoms with Crippen LogP contribution in [-0.2, 0) is 6.42 Å². The normalized spacial score (nSPS) is 10.3. The third-order valence-electron chi connectivity index (χ3n) is 3.01. The zero-order valence-electron chi connectivity index (χ0n) is 11.1. The lowest BCUT2D eigenvalue weighted by Crippen LogP contribution is -2.25. The molecule has 104 valence electrons. The predicted molar refractivity (Wildman–Crippen MR) is 83.7 cm³/mol. The van der Waals surface area contributed by atoms with E-state index >= 15 is 0 Å².